The number of amides is 1. The lowest BCUT2D eigenvalue weighted by Crippen LogP contribution is -2.39. The van der Waals surface area contributed by atoms with Crippen molar-refractivity contribution >= 4 is 5.91 Å². The largest absolute Gasteiger partial charge is 0.351 e. The van der Waals surface area contributed by atoms with E-state index in [1.54, 1.807) is 4.68 Å². The van der Waals surface area contributed by atoms with Crippen LogP contribution in [0.2, 0.25) is 0 Å². The van der Waals surface area contributed by atoms with Crippen LogP contribution in [-0.2, 0) is 7.05 Å². The molecular weight excluding hydrogens is 374 g/mol. The van der Waals surface area contributed by atoms with Crippen molar-refractivity contribution < 1.29 is 4.79 Å². The van der Waals surface area contributed by atoms with Crippen LogP contribution in [0.1, 0.15) is 43.1 Å². The normalized spacial score (nSPS) is 17.2. The lowest BCUT2D eigenvalue weighted by Gasteiger charge is -2.33. The van der Waals surface area contributed by atoms with E-state index in [2.05, 4.69) is 17.1 Å². The summed E-state index contributed by atoms with van der Waals surface area (Å²) in [4.78, 5) is 15.6. The zero-order valence-corrected chi connectivity index (χ0v) is 17.9. The second kappa shape index (κ2) is 9.30. The third kappa shape index (κ3) is 4.49. The second-order valence-corrected chi connectivity index (χ2v) is 8.16. The molecule has 3 aromatic rings. The molecule has 4 rings (SSSR count). The van der Waals surface area contributed by atoms with Crippen LogP contribution in [0.3, 0.4) is 0 Å². The molecule has 1 atom stereocenters. The molecule has 158 valence electrons. The maximum absolute atomic E-state index is 13.0. The number of hydrogen-bond acceptors (Lipinski definition) is 3. The molecule has 6 nitrogen and oxygen atoms in total. The van der Waals surface area contributed by atoms with E-state index in [4.69, 9.17) is 5.10 Å². The van der Waals surface area contributed by atoms with E-state index in [1.807, 2.05) is 66.3 Å². The van der Waals surface area contributed by atoms with Crippen molar-refractivity contribution in [2.24, 2.45) is 7.05 Å². The van der Waals surface area contributed by atoms with E-state index in [-0.39, 0.29) is 5.91 Å². The highest BCUT2D eigenvalue weighted by Crippen LogP contribution is 2.22. The zero-order chi connectivity index (χ0) is 20.9. The van der Waals surface area contributed by atoms with Gasteiger partial charge in [0, 0.05) is 32.4 Å². The van der Waals surface area contributed by atoms with Gasteiger partial charge in [-0.3, -0.25) is 4.79 Å². The quantitative estimate of drug-likeness (QED) is 0.607. The van der Waals surface area contributed by atoms with E-state index in [9.17, 15) is 4.79 Å². The molecule has 0 unspecified atom stereocenters. The van der Waals surface area contributed by atoms with E-state index in [0.29, 0.717) is 18.3 Å². The number of rotatable bonds is 7. The first kappa shape index (κ1) is 20.4. The van der Waals surface area contributed by atoms with Crippen LogP contribution < -0.4 is 5.32 Å². The van der Waals surface area contributed by atoms with Gasteiger partial charge in [-0.05, 0) is 63.1 Å². The second-order valence-electron chi connectivity index (χ2n) is 8.16. The van der Waals surface area contributed by atoms with Gasteiger partial charge >= 0.3 is 0 Å². The van der Waals surface area contributed by atoms with Crippen LogP contribution in [0.5, 0.6) is 0 Å². The molecule has 30 heavy (non-hydrogen) atoms. The highest BCUT2D eigenvalue weighted by Gasteiger charge is 2.20. The van der Waals surface area contributed by atoms with Gasteiger partial charge in [0.15, 0.2) is 0 Å². The van der Waals surface area contributed by atoms with Crippen LogP contribution >= 0.6 is 0 Å². The van der Waals surface area contributed by atoms with Gasteiger partial charge in [0.05, 0.1) is 11.4 Å². The summed E-state index contributed by atoms with van der Waals surface area (Å²) in [5.74, 6) is -0.0847. The molecule has 1 aliphatic rings. The molecule has 1 amide bonds. The summed E-state index contributed by atoms with van der Waals surface area (Å²) < 4.78 is 3.75. The molecule has 1 saturated heterocycles. The molecular formula is C24H31N5O. The van der Waals surface area contributed by atoms with Crippen molar-refractivity contribution in [1.82, 2.24) is 24.6 Å². The topological polar surface area (TPSA) is 55.1 Å². The summed E-state index contributed by atoms with van der Waals surface area (Å²) in [5.41, 5.74) is 3.21. The summed E-state index contributed by atoms with van der Waals surface area (Å²) in [7, 11) is 1.98. The number of benzene rings is 1. The Morgan fingerprint density at radius 2 is 2.00 bits per heavy atom. The van der Waals surface area contributed by atoms with Crippen LogP contribution in [0.4, 0.5) is 0 Å². The van der Waals surface area contributed by atoms with Crippen molar-refractivity contribution in [2.45, 2.75) is 38.6 Å². The molecule has 0 saturated carbocycles. The molecule has 1 aromatic carbocycles. The fourth-order valence-corrected chi connectivity index (χ4v) is 4.23. The minimum Gasteiger partial charge on any atom is -0.351 e. The molecule has 1 fully saturated rings. The Kier molecular flexibility index (Phi) is 6.33. The van der Waals surface area contributed by atoms with Crippen LogP contribution in [0.25, 0.3) is 17.1 Å². The van der Waals surface area contributed by atoms with Gasteiger partial charge in [0.2, 0.25) is 0 Å². The van der Waals surface area contributed by atoms with Gasteiger partial charge < -0.3 is 14.8 Å². The van der Waals surface area contributed by atoms with E-state index >= 15 is 0 Å². The molecule has 0 aliphatic carbocycles. The van der Waals surface area contributed by atoms with Crippen LogP contribution in [0, 0.1) is 0 Å². The summed E-state index contributed by atoms with van der Waals surface area (Å²) >= 11 is 0. The summed E-state index contributed by atoms with van der Waals surface area (Å²) in [6, 6.07) is 16.4. The third-order valence-electron chi connectivity index (χ3n) is 6.00. The number of piperidine rings is 1. The predicted molar refractivity (Wildman–Crippen MR) is 120 cm³/mol. The fraction of sp³-hybridized carbons (Fsp3) is 0.417. The van der Waals surface area contributed by atoms with Crippen molar-refractivity contribution in [2.75, 3.05) is 19.6 Å². The first-order valence-corrected chi connectivity index (χ1v) is 10.9. The maximum atomic E-state index is 13.0. The summed E-state index contributed by atoms with van der Waals surface area (Å²) in [6.45, 7) is 5.19. The Morgan fingerprint density at radius 1 is 1.17 bits per heavy atom. The highest BCUT2D eigenvalue weighted by molar-refractivity contribution is 5.94. The number of nitrogens with one attached hydrogen (secondary N) is 1. The molecule has 0 radical (unpaired) electrons. The fourth-order valence-electron chi connectivity index (χ4n) is 4.23. The standard InChI is InChI=1S/C24H31N5O/c1-19-10-6-7-16-28(19)17-9-14-25-24(30)23-18-21(22-13-8-15-27(22)2)26-29(23)20-11-4-3-5-12-20/h3-5,8,11-13,15,18-19H,6-7,9-10,14,16-17H2,1-2H3,(H,25,30)/t19-/m0/s1. The Morgan fingerprint density at radius 3 is 2.73 bits per heavy atom. The minimum atomic E-state index is -0.0847. The lowest BCUT2D eigenvalue weighted by atomic mass is 10.0. The molecule has 2 aromatic heterocycles. The number of hydrogen-bond donors (Lipinski definition) is 1. The number of likely N-dealkylation sites (tertiary alicyclic amines) is 1. The van der Waals surface area contributed by atoms with E-state index in [1.165, 1.54) is 25.8 Å². The zero-order valence-electron chi connectivity index (χ0n) is 17.9. The Hall–Kier alpha value is -2.86. The molecule has 0 spiro atoms. The van der Waals surface area contributed by atoms with Gasteiger partial charge in [-0.2, -0.15) is 5.10 Å². The smallest absolute Gasteiger partial charge is 0.270 e. The van der Waals surface area contributed by atoms with Crippen molar-refractivity contribution in [1.29, 1.82) is 0 Å². The third-order valence-corrected chi connectivity index (χ3v) is 6.00. The van der Waals surface area contributed by atoms with Gasteiger partial charge in [0.1, 0.15) is 11.4 Å². The molecule has 1 aliphatic heterocycles. The SMILES string of the molecule is C[C@H]1CCCCN1CCCNC(=O)c1cc(-c2cccn2C)nn1-c1ccccc1. The molecule has 6 heteroatoms. The first-order chi connectivity index (χ1) is 14.6. The summed E-state index contributed by atoms with van der Waals surface area (Å²) in [5, 5.41) is 7.85. The maximum Gasteiger partial charge on any atom is 0.270 e. The summed E-state index contributed by atoms with van der Waals surface area (Å²) in [6.07, 6.45) is 6.85. The average molecular weight is 406 g/mol. The van der Waals surface area contributed by atoms with Gasteiger partial charge in [-0.25, -0.2) is 4.68 Å². The highest BCUT2D eigenvalue weighted by atomic mass is 16.2. The van der Waals surface area contributed by atoms with Crippen molar-refractivity contribution in [3.63, 3.8) is 0 Å². The molecule has 1 N–H and O–H groups in total. The van der Waals surface area contributed by atoms with Crippen LogP contribution in [-0.4, -0.2) is 50.8 Å². The monoisotopic (exact) mass is 405 g/mol. The first-order valence-electron chi connectivity index (χ1n) is 10.9. The number of nitrogens with zero attached hydrogens (tertiary/aromatic N) is 4. The number of carbonyl (C=O) groups excluding carboxylic acids is 1. The lowest BCUT2D eigenvalue weighted by molar-refractivity contribution is 0.0941. The number of carbonyl (C=O) groups is 1. The van der Waals surface area contributed by atoms with Crippen molar-refractivity contribution in [3.8, 4) is 17.1 Å². The number of aryl methyl sites for hydroxylation is 1. The van der Waals surface area contributed by atoms with Crippen LogP contribution in [0.15, 0.2) is 54.7 Å². The van der Waals surface area contributed by atoms with Gasteiger partial charge in [0.25, 0.3) is 5.91 Å². The Labute approximate surface area is 178 Å². The number of aromatic nitrogens is 3. The van der Waals surface area contributed by atoms with Gasteiger partial charge in [-0.15, -0.1) is 0 Å². The molecule has 0 bridgehead atoms. The van der Waals surface area contributed by atoms with Crippen molar-refractivity contribution in [3.05, 3.63) is 60.4 Å². The van der Waals surface area contributed by atoms with Gasteiger partial charge in [-0.1, -0.05) is 24.6 Å². The average Bonchev–Trinajstić information content (AvgIpc) is 3.39. The van der Waals surface area contributed by atoms with E-state index < -0.39 is 0 Å². The number of para-hydroxylation sites is 1. The molecule has 3 heterocycles. The predicted octanol–water partition coefficient (Wildman–Crippen LogP) is 3.87. The Balaban J connectivity index is 1.47. The minimum absolute atomic E-state index is 0.0847. The Bertz CT molecular complexity index is 975. The van der Waals surface area contributed by atoms with E-state index in [0.717, 1.165) is 30.0 Å².